The summed E-state index contributed by atoms with van der Waals surface area (Å²) in [5, 5.41) is 0.525. The van der Waals surface area contributed by atoms with Gasteiger partial charge in [-0.1, -0.05) is 54.2 Å². The van der Waals surface area contributed by atoms with Gasteiger partial charge < -0.3 is 9.64 Å². The summed E-state index contributed by atoms with van der Waals surface area (Å²) in [7, 11) is 1.32. The topological polar surface area (TPSA) is 81.5 Å². The Balaban J connectivity index is 1.44. The predicted molar refractivity (Wildman–Crippen MR) is 137 cm³/mol. The zero-order valence-electron chi connectivity index (χ0n) is 20.2. The van der Waals surface area contributed by atoms with Crippen molar-refractivity contribution in [2.24, 2.45) is 5.92 Å². The van der Waals surface area contributed by atoms with Gasteiger partial charge in [0.25, 0.3) is 5.56 Å². The lowest BCUT2D eigenvalue weighted by Gasteiger charge is -2.33. The van der Waals surface area contributed by atoms with E-state index in [1.807, 2.05) is 24.0 Å². The Morgan fingerprint density at radius 1 is 1.09 bits per heavy atom. The van der Waals surface area contributed by atoms with E-state index in [1.165, 1.54) is 29.0 Å². The van der Waals surface area contributed by atoms with Crippen molar-refractivity contribution < 1.29 is 14.3 Å². The van der Waals surface area contributed by atoms with Crippen LogP contribution >= 0.6 is 11.8 Å². The zero-order chi connectivity index (χ0) is 24.8. The van der Waals surface area contributed by atoms with Crippen LogP contribution in [0.25, 0.3) is 10.9 Å². The molecule has 1 fully saturated rings. The molecule has 0 N–H and O–H groups in total. The van der Waals surface area contributed by atoms with Crippen LogP contribution in [0.1, 0.15) is 31.7 Å². The molecule has 0 spiro atoms. The number of hydrogen-bond donors (Lipinski definition) is 0. The van der Waals surface area contributed by atoms with Crippen LogP contribution in [0.5, 0.6) is 0 Å². The number of esters is 1. The summed E-state index contributed by atoms with van der Waals surface area (Å²) in [6.45, 7) is 3.48. The Kier molecular flexibility index (Phi) is 8.23. The minimum atomic E-state index is -0.405. The van der Waals surface area contributed by atoms with Crippen molar-refractivity contribution in [3.05, 3.63) is 70.5 Å². The predicted octanol–water partition coefficient (Wildman–Crippen LogP) is 3.92. The van der Waals surface area contributed by atoms with Crippen molar-refractivity contribution >= 4 is 34.5 Å². The second kappa shape index (κ2) is 11.5. The molecule has 1 saturated heterocycles. The lowest BCUT2D eigenvalue weighted by Crippen LogP contribution is -2.42. The highest BCUT2D eigenvalue weighted by atomic mass is 32.2. The minimum Gasteiger partial charge on any atom is -0.469 e. The number of ether oxygens (including phenoxy) is 1. The molecule has 0 radical (unpaired) electrons. The van der Waals surface area contributed by atoms with Crippen LogP contribution in [-0.2, 0) is 27.3 Å². The summed E-state index contributed by atoms with van der Waals surface area (Å²) in [5.41, 5.74) is 1.70. The molecular weight excluding hydrogens is 462 g/mol. The van der Waals surface area contributed by atoms with E-state index in [2.05, 4.69) is 29.2 Å². The van der Waals surface area contributed by atoms with Crippen LogP contribution in [0.3, 0.4) is 0 Å². The number of carbonyl (C=O) groups excluding carboxylic acids is 2. The first-order valence-electron chi connectivity index (χ1n) is 12.0. The van der Waals surface area contributed by atoms with E-state index >= 15 is 0 Å². The van der Waals surface area contributed by atoms with Gasteiger partial charge in [0.15, 0.2) is 5.16 Å². The number of thioether (sulfide) groups is 1. The van der Waals surface area contributed by atoms with Gasteiger partial charge in [-0.2, -0.15) is 0 Å². The van der Waals surface area contributed by atoms with E-state index in [0.29, 0.717) is 22.0 Å². The molecule has 1 amide bonds. The molecule has 0 aliphatic carbocycles. The number of aromatic nitrogens is 2. The number of benzene rings is 2. The van der Waals surface area contributed by atoms with Crippen molar-refractivity contribution in [2.75, 3.05) is 20.2 Å². The number of piperidine rings is 1. The second-order valence-corrected chi connectivity index (χ2v) is 10.2. The third-order valence-corrected chi connectivity index (χ3v) is 7.59. The Labute approximate surface area is 209 Å². The quantitative estimate of drug-likeness (QED) is 0.269. The number of likely N-dealkylation sites (tertiary alicyclic amines) is 1. The molecule has 184 valence electrons. The van der Waals surface area contributed by atoms with Crippen LogP contribution < -0.4 is 5.56 Å². The largest absolute Gasteiger partial charge is 0.469 e. The van der Waals surface area contributed by atoms with Gasteiger partial charge >= 0.3 is 5.97 Å². The summed E-state index contributed by atoms with van der Waals surface area (Å²) < 4.78 is 6.23. The Morgan fingerprint density at radius 2 is 1.77 bits per heavy atom. The number of fused-ring (bicyclic) bond motifs is 1. The number of carbonyl (C=O) groups is 2. The third kappa shape index (κ3) is 6.11. The fraction of sp³-hybridized carbons (Fsp3) is 0.407. The van der Waals surface area contributed by atoms with E-state index in [4.69, 9.17) is 4.74 Å². The van der Waals surface area contributed by atoms with Crippen LogP contribution in [0, 0.1) is 5.92 Å². The van der Waals surface area contributed by atoms with Crippen molar-refractivity contribution in [2.45, 2.75) is 49.6 Å². The number of methoxy groups -OCH3 is 1. The Bertz CT molecular complexity index is 1240. The molecule has 8 heteroatoms. The van der Waals surface area contributed by atoms with Gasteiger partial charge in [0.05, 0.1) is 29.7 Å². The van der Waals surface area contributed by atoms with Crippen molar-refractivity contribution in [3.63, 3.8) is 0 Å². The van der Waals surface area contributed by atoms with Gasteiger partial charge in [-0.25, -0.2) is 4.98 Å². The van der Waals surface area contributed by atoms with E-state index < -0.39 is 11.2 Å². The van der Waals surface area contributed by atoms with E-state index in [9.17, 15) is 14.4 Å². The summed E-state index contributed by atoms with van der Waals surface area (Å²) >= 11 is 1.27. The van der Waals surface area contributed by atoms with Crippen molar-refractivity contribution in [1.82, 2.24) is 14.5 Å². The molecular formula is C27H31N3O4S. The molecule has 3 aromatic rings. The Morgan fingerprint density at radius 3 is 2.49 bits per heavy atom. The average Bonchev–Trinajstić information content (AvgIpc) is 2.89. The Hall–Kier alpha value is -3.13. The number of nitrogens with zero attached hydrogens (tertiary/aromatic N) is 3. The molecule has 1 unspecified atom stereocenters. The van der Waals surface area contributed by atoms with Gasteiger partial charge in [-0.3, -0.25) is 19.0 Å². The molecule has 4 rings (SSSR count). The lowest BCUT2D eigenvalue weighted by atomic mass is 9.90. The normalized spacial score (nSPS) is 15.2. The number of rotatable bonds is 8. The SMILES string of the molecule is COC(=O)CCn1c(SC(C)C(=O)N2CCC(Cc3ccccc3)CC2)nc2ccccc2c1=O. The van der Waals surface area contributed by atoms with E-state index in [-0.39, 0.29) is 24.4 Å². The van der Waals surface area contributed by atoms with Crippen LogP contribution in [0.4, 0.5) is 0 Å². The second-order valence-electron chi connectivity index (χ2n) is 8.91. The molecule has 7 nitrogen and oxygen atoms in total. The van der Waals surface area contributed by atoms with E-state index in [0.717, 1.165) is 32.4 Å². The zero-order valence-corrected chi connectivity index (χ0v) is 21.0. The van der Waals surface area contributed by atoms with Crippen molar-refractivity contribution in [1.29, 1.82) is 0 Å². The van der Waals surface area contributed by atoms with Crippen LogP contribution in [0.15, 0.2) is 64.5 Å². The monoisotopic (exact) mass is 493 g/mol. The van der Waals surface area contributed by atoms with Gasteiger partial charge in [0.1, 0.15) is 0 Å². The first-order valence-corrected chi connectivity index (χ1v) is 12.9. The molecule has 1 atom stereocenters. The van der Waals surface area contributed by atoms with Crippen LogP contribution in [0.2, 0.25) is 0 Å². The van der Waals surface area contributed by atoms with Gasteiger partial charge in [0, 0.05) is 19.6 Å². The summed E-state index contributed by atoms with van der Waals surface area (Å²) in [6, 6.07) is 17.6. The molecule has 1 aliphatic rings. The molecule has 0 saturated carbocycles. The molecule has 35 heavy (non-hydrogen) atoms. The first-order chi connectivity index (χ1) is 17.0. The number of para-hydroxylation sites is 1. The maximum atomic E-state index is 13.3. The highest BCUT2D eigenvalue weighted by molar-refractivity contribution is 8.00. The smallest absolute Gasteiger partial charge is 0.307 e. The van der Waals surface area contributed by atoms with Crippen molar-refractivity contribution in [3.8, 4) is 0 Å². The highest BCUT2D eigenvalue weighted by Gasteiger charge is 2.28. The maximum absolute atomic E-state index is 13.3. The summed E-state index contributed by atoms with van der Waals surface area (Å²) in [6.07, 6.45) is 3.06. The summed E-state index contributed by atoms with van der Waals surface area (Å²) in [5.74, 6) is 0.230. The third-order valence-electron chi connectivity index (χ3n) is 6.52. The van der Waals surface area contributed by atoms with Gasteiger partial charge in [-0.05, 0) is 49.8 Å². The lowest BCUT2D eigenvalue weighted by molar-refractivity contribution is -0.141. The first kappa shape index (κ1) is 25.0. The van der Waals surface area contributed by atoms with E-state index in [1.54, 1.807) is 18.2 Å². The molecule has 1 aromatic heterocycles. The number of amides is 1. The molecule has 0 bridgehead atoms. The standard InChI is InChI=1S/C27H31N3O4S/c1-19(25(32)29-15-12-21(13-16-29)18-20-8-4-3-5-9-20)35-27-28-23-11-7-6-10-22(23)26(33)30(27)17-14-24(31)34-2/h3-11,19,21H,12-18H2,1-2H3. The van der Waals surface area contributed by atoms with Gasteiger partial charge in [-0.15, -0.1) is 0 Å². The van der Waals surface area contributed by atoms with Crippen LogP contribution in [-0.4, -0.2) is 51.8 Å². The summed E-state index contributed by atoms with van der Waals surface area (Å²) in [4.78, 5) is 44.7. The van der Waals surface area contributed by atoms with Gasteiger partial charge in [0.2, 0.25) is 5.91 Å². The average molecular weight is 494 g/mol. The fourth-order valence-corrected chi connectivity index (χ4v) is 5.53. The maximum Gasteiger partial charge on any atom is 0.307 e. The molecule has 2 aromatic carbocycles. The molecule has 1 aliphatic heterocycles. The fourth-order valence-electron chi connectivity index (χ4n) is 4.51. The minimum absolute atomic E-state index is 0.0510. The highest BCUT2D eigenvalue weighted by Crippen LogP contribution is 2.27. The number of hydrogen-bond acceptors (Lipinski definition) is 6. The molecule has 2 heterocycles.